The molecule has 0 saturated carbocycles. The second-order valence-corrected chi connectivity index (χ2v) is 15.7. The van der Waals surface area contributed by atoms with Crippen LogP contribution in [0.5, 0.6) is 0 Å². The molecular formula is C47H38. The molecule has 7 aromatic rings. The topological polar surface area (TPSA) is 0 Å². The molecule has 0 bridgehead atoms. The summed E-state index contributed by atoms with van der Waals surface area (Å²) >= 11 is 0. The Morgan fingerprint density at radius 2 is 0.766 bits per heavy atom. The first-order chi connectivity index (χ1) is 22.6. The van der Waals surface area contributed by atoms with Crippen LogP contribution in [-0.4, -0.2) is 0 Å². The fourth-order valence-corrected chi connectivity index (χ4v) is 9.71. The molecule has 0 amide bonds. The van der Waals surface area contributed by atoms with Gasteiger partial charge in [-0.25, -0.2) is 0 Å². The van der Waals surface area contributed by atoms with Gasteiger partial charge < -0.3 is 0 Å². The molecular weight excluding hydrogens is 565 g/mol. The summed E-state index contributed by atoms with van der Waals surface area (Å²) in [6.45, 7) is 14.3. The minimum absolute atomic E-state index is 0.00407. The van der Waals surface area contributed by atoms with Crippen LogP contribution in [0.4, 0.5) is 0 Å². The number of hydrogen-bond donors (Lipinski definition) is 0. The predicted octanol–water partition coefficient (Wildman–Crippen LogP) is 12.6. The van der Waals surface area contributed by atoms with E-state index in [1.807, 2.05) is 0 Å². The summed E-state index contributed by atoms with van der Waals surface area (Å²) in [6.07, 6.45) is 0. The lowest BCUT2D eigenvalue weighted by Crippen LogP contribution is -2.15. The highest BCUT2D eigenvalue weighted by atomic mass is 14.4. The quantitative estimate of drug-likeness (QED) is 0.175. The van der Waals surface area contributed by atoms with Crippen molar-refractivity contribution >= 4 is 21.5 Å². The van der Waals surface area contributed by atoms with Gasteiger partial charge in [0.05, 0.1) is 0 Å². The highest BCUT2D eigenvalue weighted by Crippen LogP contribution is 2.57. The zero-order valence-corrected chi connectivity index (χ0v) is 28.0. The van der Waals surface area contributed by atoms with Crippen molar-refractivity contribution < 1.29 is 0 Å². The molecule has 0 aromatic heterocycles. The third-order valence-electron chi connectivity index (χ3n) is 12.3. The lowest BCUT2D eigenvalue weighted by molar-refractivity contribution is 0.659. The normalized spacial score (nSPS) is 16.8. The van der Waals surface area contributed by atoms with Gasteiger partial charge in [0.1, 0.15) is 0 Å². The van der Waals surface area contributed by atoms with Crippen molar-refractivity contribution in [2.24, 2.45) is 0 Å². The first kappa shape index (κ1) is 27.2. The Balaban J connectivity index is 1.14. The first-order valence-corrected chi connectivity index (χ1v) is 17.1. The predicted molar refractivity (Wildman–Crippen MR) is 200 cm³/mol. The van der Waals surface area contributed by atoms with Crippen LogP contribution in [0.3, 0.4) is 0 Å². The molecule has 0 atom stereocenters. The monoisotopic (exact) mass is 602 g/mol. The van der Waals surface area contributed by atoms with Crippen LogP contribution in [-0.2, 0) is 16.2 Å². The Bertz CT molecular complexity index is 2530. The fourth-order valence-electron chi connectivity index (χ4n) is 9.71. The lowest BCUT2D eigenvalue weighted by Gasteiger charge is -2.23. The Labute approximate surface area is 277 Å². The van der Waals surface area contributed by atoms with E-state index in [2.05, 4.69) is 163 Å². The van der Waals surface area contributed by atoms with Crippen molar-refractivity contribution in [2.45, 2.75) is 57.8 Å². The highest BCUT2D eigenvalue weighted by Gasteiger charge is 2.40. The van der Waals surface area contributed by atoms with Gasteiger partial charge >= 0.3 is 0 Å². The van der Waals surface area contributed by atoms with E-state index in [1.54, 1.807) is 0 Å². The zero-order valence-electron chi connectivity index (χ0n) is 28.0. The maximum atomic E-state index is 2.49. The summed E-state index contributed by atoms with van der Waals surface area (Å²) in [5.74, 6) is 0. The van der Waals surface area contributed by atoms with E-state index in [1.165, 1.54) is 99.4 Å². The molecule has 7 aromatic carbocycles. The summed E-state index contributed by atoms with van der Waals surface area (Å²) in [4.78, 5) is 0. The molecule has 0 fully saturated rings. The summed E-state index contributed by atoms with van der Waals surface area (Å²) in [7, 11) is 0. The molecule has 3 aliphatic carbocycles. The minimum Gasteiger partial charge on any atom is -0.0619 e. The average Bonchev–Trinajstić information content (AvgIpc) is 3.57. The summed E-state index contributed by atoms with van der Waals surface area (Å²) < 4.78 is 0. The van der Waals surface area contributed by atoms with E-state index in [4.69, 9.17) is 0 Å². The summed E-state index contributed by atoms with van der Waals surface area (Å²) in [5, 5.41) is 5.41. The average molecular weight is 603 g/mol. The van der Waals surface area contributed by atoms with Crippen molar-refractivity contribution in [3.63, 3.8) is 0 Å². The van der Waals surface area contributed by atoms with E-state index in [9.17, 15) is 0 Å². The van der Waals surface area contributed by atoms with Crippen molar-refractivity contribution in [3.8, 4) is 44.5 Å². The van der Waals surface area contributed by atoms with Gasteiger partial charge in [0.2, 0.25) is 0 Å². The lowest BCUT2D eigenvalue weighted by atomic mass is 9.79. The van der Waals surface area contributed by atoms with Crippen molar-refractivity contribution in [3.05, 3.63) is 155 Å². The van der Waals surface area contributed by atoms with Crippen LogP contribution >= 0.6 is 0 Å². The van der Waals surface area contributed by atoms with Crippen LogP contribution in [0.15, 0.2) is 121 Å². The standard InChI is InChI=1S/C47H38/c1-45(2)36-14-10-9-13-33(36)43-31-21-24-39-44(32(31)20-23-38(43)45)35-19-16-29(26-41(35)47(39,5)6)28-15-18-34-40(25-28)46(3,4)37-22-17-27-11-7-8-12-30(27)42(34)37/h7-26H,1-6H3. The second kappa shape index (κ2) is 8.69. The molecule has 0 nitrogen and oxygen atoms in total. The Morgan fingerprint density at radius 1 is 0.319 bits per heavy atom. The van der Waals surface area contributed by atoms with E-state index >= 15 is 0 Å². The highest BCUT2D eigenvalue weighted by molar-refractivity contribution is 6.11. The zero-order chi connectivity index (χ0) is 32.0. The van der Waals surface area contributed by atoms with Gasteiger partial charge in [-0.2, -0.15) is 0 Å². The molecule has 47 heavy (non-hydrogen) atoms. The number of benzene rings is 7. The molecule has 0 saturated heterocycles. The third kappa shape index (κ3) is 3.29. The van der Waals surface area contributed by atoms with Crippen LogP contribution < -0.4 is 0 Å². The Morgan fingerprint density at radius 3 is 1.36 bits per heavy atom. The van der Waals surface area contributed by atoms with Crippen LogP contribution in [0, 0.1) is 0 Å². The smallest absolute Gasteiger partial charge is 0.0159 e. The fraction of sp³-hybridized carbons (Fsp3) is 0.191. The van der Waals surface area contributed by atoms with Gasteiger partial charge in [-0.1, -0.05) is 151 Å². The van der Waals surface area contributed by atoms with Gasteiger partial charge in [-0.15, -0.1) is 0 Å². The molecule has 0 heterocycles. The summed E-state index contributed by atoms with van der Waals surface area (Å²) in [6, 6.07) is 46.6. The van der Waals surface area contributed by atoms with Crippen LogP contribution in [0.2, 0.25) is 0 Å². The number of hydrogen-bond acceptors (Lipinski definition) is 0. The third-order valence-corrected chi connectivity index (χ3v) is 12.3. The maximum absolute atomic E-state index is 2.49. The molecule has 0 spiro atoms. The van der Waals surface area contributed by atoms with Gasteiger partial charge in [0.25, 0.3) is 0 Å². The van der Waals surface area contributed by atoms with E-state index in [-0.39, 0.29) is 16.2 Å². The van der Waals surface area contributed by atoms with Gasteiger partial charge in [-0.05, 0) is 112 Å². The first-order valence-electron chi connectivity index (χ1n) is 17.1. The number of fused-ring (bicyclic) bond motifs is 14. The van der Waals surface area contributed by atoms with Crippen molar-refractivity contribution in [1.82, 2.24) is 0 Å². The SMILES string of the molecule is CC1(C)c2cc(-c3ccc4c(c3)C(C)(C)c3ccc5c6c(ccc5c3-4)C(C)(C)c3ccccc3-6)ccc2-c2c1ccc1ccccc21. The van der Waals surface area contributed by atoms with Gasteiger partial charge in [-0.3, -0.25) is 0 Å². The van der Waals surface area contributed by atoms with E-state index < -0.39 is 0 Å². The summed E-state index contributed by atoms with van der Waals surface area (Å²) in [5.41, 5.74) is 19.4. The molecule has 0 radical (unpaired) electrons. The van der Waals surface area contributed by atoms with Gasteiger partial charge in [0.15, 0.2) is 0 Å². The molecule has 3 aliphatic rings. The van der Waals surface area contributed by atoms with Crippen LogP contribution in [0.1, 0.15) is 74.9 Å². The van der Waals surface area contributed by atoms with Crippen molar-refractivity contribution in [1.29, 1.82) is 0 Å². The second-order valence-electron chi connectivity index (χ2n) is 15.7. The molecule has 226 valence electrons. The molecule has 0 N–H and O–H groups in total. The van der Waals surface area contributed by atoms with Gasteiger partial charge in [0, 0.05) is 16.2 Å². The molecule has 10 rings (SSSR count). The van der Waals surface area contributed by atoms with Crippen LogP contribution in [0.25, 0.3) is 66.1 Å². The van der Waals surface area contributed by atoms with E-state index in [0.717, 1.165) is 0 Å². The Hall–Kier alpha value is -4.94. The Kier molecular flexibility index (Phi) is 5.03. The number of rotatable bonds is 1. The van der Waals surface area contributed by atoms with E-state index in [0.29, 0.717) is 0 Å². The molecule has 0 aliphatic heterocycles. The minimum atomic E-state index is -0.0871. The largest absolute Gasteiger partial charge is 0.0619 e. The molecule has 0 unspecified atom stereocenters. The maximum Gasteiger partial charge on any atom is 0.0159 e. The van der Waals surface area contributed by atoms with Crippen molar-refractivity contribution in [2.75, 3.05) is 0 Å². The molecule has 0 heteroatoms.